The quantitative estimate of drug-likeness (QED) is 0.611. The molecule has 0 bridgehead atoms. The lowest BCUT2D eigenvalue weighted by Gasteiger charge is -2.34. The molecule has 1 aliphatic carbocycles. The van der Waals surface area contributed by atoms with E-state index in [1.165, 1.54) is 38.5 Å². The maximum absolute atomic E-state index is 14.5. The Kier molecular flexibility index (Phi) is 6.51. The second-order valence-electron chi connectivity index (χ2n) is 6.10. The second-order valence-corrected chi connectivity index (χ2v) is 7.33. The van der Waals surface area contributed by atoms with Gasteiger partial charge in [-0.2, -0.15) is 0 Å². The summed E-state index contributed by atoms with van der Waals surface area (Å²) in [6.07, 6.45) is 7.47. The van der Waals surface area contributed by atoms with E-state index < -0.39 is 0 Å². The van der Waals surface area contributed by atoms with Gasteiger partial charge in [0.1, 0.15) is 5.82 Å². The summed E-state index contributed by atoms with van der Waals surface area (Å²) in [5.74, 6) is 1.07. The number of halogens is 3. The van der Waals surface area contributed by atoms with E-state index in [0.717, 1.165) is 5.92 Å². The van der Waals surface area contributed by atoms with Crippen LogP contribution in [-0.2, 0) is 0 Å². The van der Waals surface area contributed by atoms with Crippen LogP contribution < -0.4 is 5.32 Å². The first-order chi connectivity index (χ1) is 10.1. The van der Waals surface area contributed by atoms with Crippen molar-refractivity contribution >= 4 is 27.5 Å². The Morgan fingerprint density at radius 1 is 1.33 bits per heavy atom. The van der Waals surface area contributed by atoms with E-state index in [1.807, 2.05) is 19.2 Å². The molecule has 1 aromatic carbocycles. The van der Waals surface area contributed by atoms with Gasteiger partial charge in [-0.3, -0.25) is 0 Å². The van der Waals surface area contributed by atoms with Gasteiger partial charge in [0.15, 0.2) is 0 Å². The van der Waals surface area contributed by atoms with Gasteiger partial charge >= 0.3 is 0 Å². The van der Waals surface area contributed by atoms with Crippen LogP contribution in [0.1, 0.15) is 57.1 Å². The largest absolute Gasteiger partial charge is 0.313 e. The fourth-order valence-corrected chi connectivity index (χ4v) is 4.12. The van der Waals surface area contributed by atoms with Gasteiger partial charge in [-0.05, 0) is 53.7 Å². The van der Waals surface area contributed by atoms with Gasteiger partial charge in [-0.15, -0.1) is 0 Å². The van der Waals surface area contributed by atoms with Crippen LogP contribution in [-0.4, -0.2) is 7.05 Å². The van der Waals surface area contributed by atoms with E-state index in [2.05, 4.69) is 28.2 Å². The zero-order valence-corrected chi connectivity index (χ0v) is 15.1. The highest BCUT2D eigenvalue weighted by Gasteiger charge is 2.29. The molecular formula is C17H24BrClFN. The Morgan fingerprint density at radius 2 is 2.00 bits per heavy atom. The normalized spacial score (nSPS) is 24.0. The van der Waals surface area contributed by atoms with Crippen LogP contribution >= 0.6 is 27.5 Å². The van der Waals surface area contributed by atoms with E-state index in [4.69, 9.17) is 11.6 Å². The summed E-state index contributed by atoms with van der Waals surface area (Å²) in [4.78, 5) is 0. The van der Waals surface area contributed by atoms with Crippen molar-refractivity contribution in [2.45, 2.75) is 51.5 Å². The fourth-order valence-electron chi connectivity index (χ4n) is 3.64. The second kappa shape index (κ2) is 7.94. The number of hydrogen-bond donors (Lipinski definition) is 1. The van der Waals surface area contributed by atoms with Gasteiger partial charge in [-0.1, -0.05) is 50.3 Å². The Labute approximate surface area is 140 Å². The third-order valence-corrected chi connectivity index (χ3v) is 6.03. The molecule has 0 spiro atoms. The average Bonchev–Trinajstić information content (AvgIpc) is 2.50. The molecule has 1 saturated carbocycles. The molecule has 0 radical (unpaired) electrons. The topological polar surface area (TPSA) is 12.0 Å². The van der Waals surface area contributed by atoms with Gasteiger partial charge in [0.2, 0.25) is 0 Å². The van der Waals surface area contributed by atoms with Gasteiger partial charge in [0.25, 0.3) is 0 Å². The van der Waals surface area contributed by atoms with Crippen LogP contribution in [0.15, 0.2) is 16.6 Å². The van der Waals surface area contributed by atoms with E-state index in [-0.39, 0.29) is 16.9 Å². The molecule has 1 unspecified atom stereocenters. The van der Waals surface area contributed by atoms with Crippen molar-refractivity contribution in [1.82, 2.24) is 5.32 Å². The van der Waals surface area contributed by atoms with Gasteiger partial charge in [-0.25, -0.2) is 4.39 Å². The van der Waals surface area contributed by atoms with Crippen LogP contribution in [0.3, 0.4) is 0 Å². The molecule has 0 saturated heterocycles. The number of benzene rings is 1. The van der Waals surface area contributed by atoms with Crippen LogP contribution in [0.5, 0.6) is 0 Å². The molecule has 1 nitrogen and oxygen atoms in total. The molecule has 21 heavy (non-hydrogen) atoms. The highest BCUT2D eigenvalue weighted by atomic mass is 79.9. The summed E-state index contributed by atoms with van der Waals surface area (Å²) in [7, 11) is 1.91. The lowest BCUT2D eigenvalue weighted by Crippen LogP contribution is -2.29. The number of nitrogens with one attached hydrogen (secondary N) is 1. The van der Waals surface area contributed by atoms with Crippen LogP contribution in [0.4, 0.5) is 4.39 Å². The molecule has 2 rings (SSSR count). The van der Waals surface area contributed by atoms with E-state index >= 15 is 0 Å². The minimum absolute atomic E-state index is 0.0539. The molecule has 1 fully saturated rings. The van der Waals surface area contributed by atoms with Crippen molar-refractivity contribution < 1.29 is 4.39 Å². The third kappa shape index (κ3) is 4.00. The van der Waals surface area contributed by atoms with Gasteiger partial charge in [0.05, 0.1) is 5.02 Å². The first kappa shape index (κ1) is 17.2. The standard InChI is InChI=1S/C17H24BrClFN/c1-3-4-11-5-7-12(8-6-11)17(21-2)13-9-10-14(18)15(19)16(13)20/h9-12,17,21H,3-8H2,1-2H3. The predicted molar refractivity (Wildman–Crippen MR) is 91.3 cm³/mol. The van der Waals surface area contributed by atoms with Crippen molar-refractivity contribution in [3.8, 4) is 0 Å². The molecule has 0 amide bonds. The SMILES string of the molecule is CCCC1CCC(C(NC)c2ccc(Br)c(Cl)c2F)CC1. The molecule has 0 heterocycles. The summed E-state index contributed by atoms with van der Waals surface area (Å²) < 4.78 is 15.1. The number of hydrogen-bond acceptors (Lipinski definition) is 1. The van der Waals surface area contributed by atoms with Crippen LogP contribution in [0.2, 0.25) is 5.02 Å². The highest BCUT2D eigenvalue weighted by Crippen LogP contribution is 2.40. The van der Waals surface area contributed by atoms with E-state index in [0.29, 0.717) is 16.0 Å². The summed E-state index contributed by atoms with van der Waals surface area (Å²) >= 11 is 9.32. The maximum Gasteiger partial charge on any atom is 0.147 e. The first-order valence-electron chi connectivity index (χ1n) is 7.89. The van der Waals surface area contributed by atoms with Crippen molar-refractivity contribution in [3.05, 3.63) is 33.0 Å². The smallest absolute Gasteiger partial charge is 0.147 e. The molecule has 1 aliphatic rings. The molecule has 0 aromatic heterocycles. The average molecular weight is 377 g/mol. The zero-order valence-electron chi connectivity index (χ0n) is 12.8. The van der Waals surface area contributed by atoms with Crippen LogP contribution in [0, 0.1) is 17.7 Å². The highest BCUT2D eigenvalue weighted by molar-refractivity contribution is 9.10. The minimum atomic E-state index is -0.291. The lowest BCUT2D eigenvalue weighted by atomic mass is 9.75. The van der Waals surface area contributed by atoms with Crippen molar-refractivity contribution in [3.63, 3.8) is 0 Å². The van der Waals surface area contributed by atoms with E-state index in [1.54, 1.807) is 0 Å². The first-order valence-corrected chi connectivity index (χ1v) is 9.06. The van der Waals surface area contributed by atoms with Crippen molar-refractivity contribution in [2.24, 2.45) is 11.8 Å². The molecule has 0 aliphatic heterocycles. The maximum atomic E-state index is 14.5. The van der Waals surface area contributed by atoms with Gasteiger partial charge < -0.3 is 5.32 Å². The Morgan fingerprint density at radius 3 is 2.57 bits per heavy atom. The summed E-state index contributed by atoms with van der Waals surface area (Å²) in [6, 6.07) is 3.75. The Bertz CT molecular complexity index is 472. The van der Waals surface area contributed by atoms with Crippen molar-refractivity contribution in [1.29, 1.82) is 0 Å². The number of rotatable bonds is 5. The van der Waals surface area contributed by atoms with E-state index in [9.17, 15) is 4.39 Å². The summed E-state index contributed by atoms with van der Waals surface area (Å²) in [5, 5.41) is 3.50. The van der Waals surface area contributed by atoms with Gasteiger partial charge in [0, 0.05) is 16.1 Å². The summed E-state index contributed by atoms with van der Waals surface area (Å²) in [5.41, 5.74) is 0.699. The molecule has 1 N–H and O–H groups in total. The predicted octanol–water partition coefficient (Wildman–Crippen LogP) is 6.11. The Hall–Kier alpha value is -0.120. The minimum Gasteiger partial charge on any atom is -0.313 e. The Balaban J connectivity index is 2.12. The fraction of sp³-hybridized carbons (Fsp3) is 0.647. The van der Waals surface area contributed by atoms with Crippen LogP contribution in [0.25, 0.3) is 0 Å². The molecule has 1 aromatic rings. The molecular weight excluding hydrogens is 353 g/mol. The zero-order chi connectivity index (χ0) is 15.4. The lowest BCUT2D eigenvalue weighted by molar-refractivity contribution is 0.217. The van der Waals surface area contributed by atoms with Crippen molar-refractivity contribution in [2.75, 3.05) is 7.05 Å². The molecule has 4 heteroatoms. The third-order valence-electron chi connectivity index (χ3n) is 4.77. The monoisotopic (exact) mass is 375 g/mol. The summed E-state index contributed by atoms with van der Waals surface area (Å²) in [6.45, 7) is 2.25. The molecule has 1 atom stereocenters. The molecule has 118 valence electrons.